The van der Waals surface area contributed by atoms with Crippen molar-refractivity contribution in [2.45, 2.75) is 44.4 Å². The fourth-order valence-corrected chi connectivity index (χ4v) is 2.95. The molecule has 1 aliphatic carbocycles. The van der Waals surface area contributed by atoms with Crippen LogP contribution >= 0.6 is 23.2 Å². The van der Waals surface area contributed by atoms with Crippen molar-refractivity contribution < 1.29 is 13.2 Å². The lowest BCUT2D eigenvalue weighted by molar-refractivity contribution is -0.182. The van der Waals surface area contributed by atoms with Crippen molar-refractivity contribution in [3.63, 3.8) is 0 Å². The Morgan fingerprint density at radius 1 is 1.10 bits per heavy atom. The van der Waals surface area contributed by atoms with Gasteiger partial charge in [-0.05, 0) is 37.3 Å². The molecule has 0 aromatic heterocycles. The van der Waals surface area contributed by atoms with Gasteiger partial charge in [-0.25, -0.2) is 0 Å². The molecule has 0 unspecified atom stereocenters. The second-order valence-corrected chi connectivity index (χ2v) is 5.97. The van der Waals surface area contributed by atoms with E-state index in [9.17, 15) is 13.2 Å². The first-order chi connectivity index (χ1) is 9.38. The van der Waals surface area contributed by atoms with Crippen LogP contribution in [0.5, 0.6) is 0 Å². The Hall–Kier alpha value is -0.450. The van der Waals surface area contributed by atoms with Gasteiger partial charge in [0.25, 0.3) is 0 Å². The highest BCUT2D eigenvalue weighted by Crippen LogP contribution is 2.37. The molecular formula is C14H16Cl2F3N. The third kappa shape index (κ3) is 4.03. The maximum atomic E-state index is 12.6. The number of alkyl halides is 3. The summed E-state index contributed by atoms with van der Waals surface area (Å²) < 4.78 is 37.7. The lowest BCUT2D eigenvalue weighted by Crippen LogP contribution is -2.36. The third-order valence-corrected chi connectivity index (χ3v) is 4.66. The molecule has 1 aromatic carbocycles. The standard InChI is InChI=1S/C14H16Cl2F3N/c15-12-3-1-2-9(13(12)16)8-20-11-6-4-10(5-7-11)14(17,18)19/h1-3,10-11,20H,4-8H2. The summed E-state index contributed by atoms with van der Waals surface area (Å²) in [5.41, 5.74) is 0.872. The molecule has 0 bridgehead atoms. The second-order valence-electron chi connectivity index (χ2n) is 5.18. The summed E-state index contributed by atoms with van der Waals surface area (Å²) >= 11 is 12.0. The van der Waals surface area contributed by atoms with Gasteiger partial charge in [0.15, 0.2) is 0 Å². The van der Waals surface area contributed by atoms with Gasteiger partial charge in [-0.1, -0.05) is 35.3 Å². The largest absolute Gasteiger partial charge is 0.391 e. The normalized spacial score (nSPS) is 23.9. The van der Waals surface area contributed by atoms with E-state index in [0.717, 1.165) is 5.56 Å². The van der Waals surface area contributed by atoms with Crippen LogP contribution in [-0.2, 0) is 6.54 Å². The van der Waals surface area contributed by atoms with Gasteiger partial charge in [0.2, 0.25) is 0 Å². The molecular weight excluding hydrogens is 310 g/mol. The molecule has 20 heavy (non-hydrogen) atoms. The molecule has 1 fully saturated rings. The highest BCUT2D eigenvalue weighted by Gasteiger charge is 2.41. The van der Waals surface area contributed by atoms with E-state index < -0.39 is 12.1 Å². The summed E-state index contributed by atoms with van der Waals surface area (Å²) in [6, 6.07) is 5.50. The molecule has 0 radical (unpaired) electrons. The maximum absolute atomic E-state index is 12.6. The Bertz CT molecular complexity index is 454. The minimum absolute atomic E-state index is 0.114. The zero-order valence-electron chi connectivity index (χ0n) is 10.8. The van der Waals surface area contributed by atoms with E-state index in [2.05, 4.69) is 5.32 Å². The van der Waals surface area contributed by atoms with E-state index in [1.165, 1.54) is 0 Å². The Kier molecular flexibility index (Phi) is 5.21. The molecule has 0 saturated heterocycles. The average Bonchev–Trinajstić information content (AvgIpc) is 2.40. The molecule has 0 amide bonds. The molecule has 1 N–H and O–H groups in total. The first-order valence-electron chi connectivity index (χ1n) is 6.61. The summed E-state index contributed by atoms with van der Waals surface area (Å²) in [5.74, 6) is -1.14. The summed E-state index contributed by atoms with van der Waals surface area (Å²) in [7, 11) is 0. The predicted octanol–water partition coefficient (Wildman–Crippen LogP) is 5.20. The van der Waals surface area contributed by atoms with Crippen LogP contribution in [0.15, 0.2) is 18.2 Å². The van der Waals surface area contributed by atoms with Crippen molar-refractivity contribution in [3.05, 3.63) is 33.8 Å². The highest BCUT2D eigenvalue weighted by atomic mass is 35.5. The summed E-state index contributed by atoms with van der Waals surface area (Å²) in [6.45, 7) is 0.529. The van der Waals surface area contributed by atoms with Crippen molar-refractivity contribution in [1.82, 2.24) is 5.32 Å². The number of halogens is 5. The van der Waals surface area contributed by atoms with Crippen LogP contribution < -0.4 is 5.32 Å². The monoisotopic (exact) mass is 325 g/mol. The second kappa shape index (κ2) is 6.54. The molecule has 1 nitrogen and oxygen atoms in total. The third-order valence-electron chi connectivity index (χ3n) is 3.80. The Morgan fingerprint density at radius 2 is 1.75 bits per heavy atom. The molecule has 1 aliphatic rings. The summed E-state index contributed by atoms with van der Waals surface area (Å²) in [4.78, 5) is 0. The van der Waals surface area contributed by atoms with Crippen molar-refractivity contribution in [3.8, 4) is 0 Å². The fraction of sp³-hybridized carbons (Fsp3) is 0.571. The van der Waals surface area contributed by atoms with E-state index in [-0.39, 0.29) is 18.9 Å². The van der Waals surface area contributed by atoms with Gasteiger partial charge in [-0.2, -0.15) is 13.2 Å². The van der Waals surface area contributed by atoms with Crippen LogP contribution in [0.3, 0.4) is 0 Å². The van der Waals surface area contributed by atoms with Crippen LogP contribution in [0.4, 0.5) is 13.2 Å². The lowest BCUT2D eigenvalue weighted by atomic mass is 9.85. The zero-order chi connectivity index (χ0) is 14.8. The zero-order valence-corrected chi connectivity index (χ0v) is 12.3. The smallest absolute Gasteiger partial charge is 0.310 e. The number of hydrogen-bond donors (Lipinski definition) is 1. The number of rotatable bonds is 3. The van der Waals surface area contributed by atoms with Gasteiger partial charge in [0.05, 0.1) is 16.0 Å². The quantitative estimate of drug-likeness (QED) is 0.804. The predicted molar refractivity (Wildman–Crippen MR) is 75.1 cm³/mol. The van der Waals surface area contributed by atoms with E-state index in [4.69, 9.17) is 23.2 Å². The maximum Gasteiger partial charge on any atom is 0.391 e. The molecule has 0 spiro atoms. The van der Waals surface area contributed by atoms with Gasteiger partial charge in [-0.15, -0.1) is 0 Å². The summed E-state index contributed by atoms with van der Waals surface area (Å²) in [6.07, 6.45) is -2.57. The first kappa shape index (κ1) is 15.9. The van der Waals surface area contributed by atoms with Crippen LogP contribution in [0.1, 0.15) is 31.2 Å². The minimum Gasteiger partial charge on any atom is -0.310 e. The van der Waals surface area contributed by atoms with Gasteiger partial charge >= 0.3 is 6.18 Å². The van der Waals surface area contributed by atoms with Gasteiger partial charge < -0.3 is 5.32 Å². The minimum atomic E-state index is -4.05. The lowest BCUT2D eigenvalue weighted by Gasteiger charge is -2.30. The molecule has 1 saturated carbocycles. The van der Waals surface area contributed by atoms with Gasteiger partial charge in [0.1, 0.15) is 0 Å². The number of hydrogen-bond acceptors (Lipinski definition) is 1. The van der Waals surface area contributed by atoms with Gasteiger partial charge in [0, 0.05) is 12.6 Å². The van der Waals surface area contributed by atoms with E-state index in [1.54, 1.807) is 6.07 Å². The molecule has 112 valence electrons. The molecule has 1 aromatic rings. The topological polar surface area (TPSA) is 12.0 Å². The molecule has 0 heterocycles. The van der Waals surface area contributed by atoms with Crippen LogP contribution in [-0.4, -0.2) is 12.2 Å². The molecule has 6 heteroatoms. The number of nitrogens with one attached hydrogen (secondary N) is 1. The SMILES string of the molecule is FC(F)(F)C1CCC(NCc2cccc(Cl)c2Cl)CC1. The van der Waals surface area contributed by atoms with Crippen molar-refractivity contribution in [2.24, 2.45) is 5.92 Å². The first-order valence-corrected chi connectivity index (χ1v) is 7.36. The van der Waals surface area contributed by atoms with Crippen LogP contribution in [0.25, 0.3) is 0 Å². The number of benzene rings is 1. The fourth-order valence-electron chi connectivity index (χ4n) is 2.56. The van der Waals surface area contributed by atoms with Gasteiger partial charge in [-0.3, -0.25) is 0 Å². The molecule has 0 atom stereocenters. The Morgan fingerprint density at radius 3 is 2.35 bits per heavy atom. The Labute approximate surface area is 126 Å². The van der Waals surface area contributed by atoms with Crippen molar-refractivity contribution >= 4 is 23.2 Å². The molecule has 2 rings (SSSR count). The molecule has 0 aliphatic heterocycles. The highest BCUT2D eigenvalue weighted by molar-refractivity contribution is 6.42. The average molecular weight is 326 g/mol. The van der Waals surface area contributed by atoms with Crippen LogP contribution in [0, 0.1) is 5.92 Å². The Balaban J connectivity index is 1.83. The van der Waals surface area contributed by atoms with Crippen molar-refractivity contribution in [2.75, 3.05) is 0 Å². The van der Waals surface area contributed by atoms with E-state index in [1.807, 2.05) is 12.1 Å². The van der Waals surface area contributed by atoms with Crippen molar-refractivity contribution in [1.29, 1.82) is 0 Å². The van der Waals surface area contributed by atoms with E-state index in [0.29, 0.717) is 29.4 Å². The van der Waals surface area contributed by atoms with Crippen LogP contribution in [0.2, 0.25) is 10.0 Å². The van der Waals surface area contributed by atoms with E-state index >= 15 is 0 Å². The summed E-state index contributed by atoms with van der Waals surface area (Å²) in [5, 5.41) is 4.27.